The summed E-state index contributed by atoms with van der Waals surface area (Å²) >= 11 is 0. The van der Waals surface area contributed by atoms with E-state index >= 15 is 0 Å². The van der Waals surface area contributed by atoms with Gasteiger partial charge in [-0.05, 0) is 54.6 Å². The molecule has 0 saturated heterocycles. The Morgan fingerprint density at radius 2 is 1.43 bits per heavy atom. The lowest BCUT2D eigenvalue weighted by Gasteiger charge is -2.11. The van der Waals surface area contributed by atoms with Crippen molar-refractivity contribution >= 4 is 17.3 Å². The zero-order valence-electron chi connectivity index (χ0n) is 15.2. The molecule has 0 bridgehead atoms. The highest BCUT2D eigenvalue weighted by molar-refractivity contribution is 5.81. The van der Waals surface area contributed by atoms with Gasteiger partial charge in [-0.3, -0.25) is 13.9 Å². The zero-order valence-corrected chi connectivity index (χ0v) is 15.2. The first-order valence-electron chi connectivity index (χ1n) is 8.75. The average molecular weight is 407 g/mol. The number of aromatic nitrogens is 2. The standard InChI is InChI=1S/C22H12F3N3O2/c23-22(24,25)18-11-17(10-7-15(18)12-26)28-20-4-2-1-3-19(20)27(21(28)30)16-8-5-14(13-29)6-9-16/h1-11,13H. The molecule has 0 spiro atoms. The molecule has 0 aliphatic rings. The van der Waals surface area contributed by atoms with Crippen LogP contribution in [-0.2, 0) is 6.18 Å². The fourth-order valence-corrected chi connectivity index (χ4v) is 3.35. The number of hydrogen-bond donors (Lipinski definition) is 0. The van der Waals surface area contributed by atoms with E-state index < -0.39 is 23.0 Å². The second kappa shape index (κ2) is 7.04. The van der Waals surface area contributed by atoms with Gasteiger partial charge in [0.2, 0.25) is 0 Å². The van der Waals surface area contributed by atoms with Gasteiger partial charge in [0, 0.05) is 5.56 Å². The molecule has 3 aromatic carbocycles. The molecule has 8 heteroatoms. The van der Waals surface area contributed by atoms with Crippen molar-refractivity contribution in [1.29, 1.82) is 5.26 Å². The van der Waals surface area contributed by atoms with Crippen molar-refractivity contribution in [2.45, 2.75) is 6.18 Å². The minimum atomic E-state index is -4.74. The summed E-state index contributed by atoms with van der Waals surface area (Å²) in [6.07, 6.45) is -4.07. The number of imidazole rings is 1. The number of benzene rings is 3. The number of alkyl halides is 3. The van der Waals surface area contributed by atoms with Crippen LogP contribution < -0.4 is 5.69 Å². The Labute approximate surface area is 167 Å². The Hall–Kier alpha value is -4.12. The quantitative estimate of drug-likeness (QED) is 0.470. The molecular weight excluding hydrogens is 395 g/mol. The van der Waals surface area contributed by atoms with Gasteiger partial charge in [0.25, 0.3) is 0 Å². The van der Waals surface area contributed by atoms with Crippen LogP contribution in [0, 0.1) is 11.3 Å². The van der Waals surface area contributed by atoms with Crippen LogP contribution in [0.2, 0.25) is 0 Å². The predicted molar refractivity (Wildman–Crippen MR) is 104 cm³/mol. The fraction of sp³-hybridized carbons (Fsp3) is 0.0455. The van der Waals surface area contributed by atoms with Crippen LogP contribution in [0.4, 0.5) is 13.2 Å². The summed E-state index contributed by atoms with van der Waals surface area (Å²) in [5, 5.41) is 9.02. The maximum atomic E-state index is 13.4. The van der Waals surface area contributed by atoms with E-state index in [2.05, 4.69) is 0 Å². The summed E-state index contributed by atoms with van der Waals surface area (Å²) < 4.78 is 42.8. The van der Waals surface area contributed by atoms with Crippen LogP contribution in [0.1, 0.15) is 21.5 Å². The summed E-state index contributed by atoms with van der Waals surface area (Å²) in [5.74, 6) is 0. The predicted octanol–water partition coefficient (Wildman–Crippen LogP) is 4.48. The van der Waals surface area contributed by atoms with Crippen molar-refractivity contribution < 1.29 is 18.0 Å². The molecule has 4 aromatic rings. The number of halogens is 3. The van der Waals surface area contributed by atoms with E-state index in [4.69, 9.17) is 5.26 Å². The van der Waals surface area contributed by atoms with E-state index in [0.29, 0.717) is 28.6 Å². The summed E-state index contributed by atoms with van der Waals surface area (Å²) in [6.45, 7) is 0. The number of carbonyl (C=O) groups excluding carboxylic acids is 1. The highest BCUT2D eigenvalue weighted by Gasteiger charge is 2.34. The molecular formula is C22H12F3N3O2. The lowest BCUT2D eigenvalue weighted by Crippen LogP contribution is -2.22. The van der Waals surface area contributed by atoms with Crippen molar-refractivity contribution in [2.75, 3.05) is 0 Å². The van der Waals surface area contributed by atoms with E-state index in [9.17, 15) is 22.8 Å². The normalized spacial score (nSPS) is 11.4. The van der Waals surface area contributed by atoms with E-state index in [1.807, 2.05) is 0 Å². The lowest BCUT2D eigenvalue weighted by molar-refractivity contribution is -0.137. The topological polar surface area (TPSA) is 67.8 Å². The third-order valence-corrected chi connectivity index (χ3v) is 4.72. The molecule has 0 unspecified atom stereocenters. The van der Waals surface area contributed by atoms with E-state index in [1.165, 1.54) is 21.3 Å². The zero-order chi connectivity index (χ0) is 21.5. The smallest absolute Gasteiger partial charge is 0.298 e. The summed E-state index contributed by atoms with van der Waals surface area (Å²) in [5.41, 5.74) is -0.436. The Morgan fingerprint density at radius 3 is 1.97 bits per heavy atom. The molecule has 1 heterocycles. The second-order valence-corrected chi connectivity index (χ2v) is 6.49. The van der Waals surface area contributed by atoms with Gasteiger partial charge in [-0.25, -0.2) is 4.79 Å². The van der Waals surface area contributed by atoms with Gasteiger partial charge in [0.1, 0.15) is 6.29 Å². The van der Waals surface area contributed by atoms with Crippen LogP contribution in [0.5, 0.6) is 0 Å². The highest BCUT2D eigenvalue weighted by atomic mass is 19.4. The van der Waals surface area contributed by atoms with Gasteiger partial charge in [-0.2, -0.15) is 18.4 Å². The molecule has 0 aliphatic heterocycles. The molecule has 0 amide bonds. The van der Waals surface area contributed by atoms with Gasteiger partial charge in [-0.1, -0.05) is 12.1 Å². The van der Waals surface area contributed by atoms with E-state index in [-0.39, 0.29) is 5.69 Å². The first kappa shape index (κ1) is 19.2. The Bertz CT molecular complexity index is 1370. The van der Waals surface area contributed by atoms with Gasteiger partial charge in [-0.15, -0.1) is 0 Å². The largest absolute Gasteiger partial charge is 0.417 e. The average Bonchev–Trinajstić information content (AvgIpc) is 3.04. The number of rotatable bonds is 3. The number of hydrogen-bond acceptors (Lipinski definition) is 3. The van der Waals surface area contributed by atoms with Crippen molar-refractivity contribution in [3.63, 3.8) is 0 Å². The fourth-order valence-electron chi connectivity index (χ4n) is 3.35. The molecule has 30 heavy (non-hydrogen) atoms. The summed E-state index contributed by atoms with van der Waals surface area (Å²) in [7, 11) is 0. The maximum absolute atomic E-state index is 13.4. The minimum absolute atomic E-state index is 0.00853. The Balaban J connectivity index is 2.02. The minimum Gasteiger partial charge on any atom is -0.298 e. The first-order valence-corrected chi connectivity index (χ1v) is 8.75. The lowest BCUT2D eigenvalue weighted by atomic mass is 10.1. The molecule has 0 fully saturated rings. The van der Waals surface area contributed by atoms with Crippen LogP contribution >= 0.6 is 0 Å². The maximum Gasteiger partial charge on any atom is 0.417 e. The molecule has 0 aliphatic carbocycles. The van der Waals surface area contributed by atoms with Crippen molar-refractivity contribution in [2.24, 2.45) is 0 Å². The number of nitrogens with zero attached hydrogens (tertiary/aromatic N) is 3. The highest BCUT2D eigenvalue weighted by Crippen LogP contribution is 2.33. The molecule has 0 radical (unpaired) electrons. The number of aldehydes is 1. The first-order chi connectivity index (χ1) is 14.3. The van der Waals surface area contributed by atoms with Crippen LogP contribution in [0.15, 0.2) is 71.5 Å². The van der Waals surface area contributed by atoms with Gasteiger partial charge >= 0.3 is 11.9 Å². The van der Waals surface area contributed by atoms with Crippen molar-refractivity contribution in [3.8, 4) is 17.4 Å². The number of nitriles is 1. The molecule has 4 rings (SSSR count). The van der Waals surface area contributed by atoms with E-state index in [0.717, 1.165) is 12.1 Å². The molecule has 1 aromatic heterocycles. The van der Waals surface area contributed by atoms with Gasteiger partial charge < -0.3 is 0 Å². The Morgan fingerprint density at radius 1 is 0.867 bits per heavy atom. The third kappa shape index (κ3) is 3.06. The summed E-state index contributed by atoms with van der Waals surface area (Å²) in [4.78, 5) is 24.2. The van der Waals surface area contributed by atoms with Gasteiger partial charge in [0.05, 0.1) is 39.6 Å². The second-order valence-electron chi connectivity index (χ2n) is 6.49. The molecule has 0 saturated carbocycles. The monoisotopic (exact) mass is 407 g/mol. The summed E-state index contributed by atoms with van der Waals surface area (Å²) in [6, 6.07) is 17.6. The van der Waals surface area contributed by atoms with Crippen LogP contribution in [0.25, 0.3) is 22.4 Å². The number of fused-ring (bicyclic) bond motifs is 1. The van der Waals surface area contributed by atoms with Crippen LogP contribution in [0.3, 0.4) is 0 Å². The van der Waals surface area contributed by atoms with Crippen molar-refractivity contribution in [1.82, 2.24) is 9.13 Å². The number of para-hydroxylation sites is 2. The third-order valence-electron chi connectivity index (χ3n) is 4.72. The molecule has 5 nitrogen and oxygen atoms in total. The van der Waals surface area contributed by atoms with Gasteiger partial charge in [0.15, 0.2) is 0 Å². The Kier molecular flexibility index (Phi) is 4.51. The molecule has 0 N–H and O–H groups in total. The number of carbonyl (C=O) groups is 1. The SMILES string of the molecule is N#Cc1ccc(-n2c(=O)n(-c3ccc(C=O)cc3)c3ccccc32)cc1C(F)(F)F. The van der Waals surface area contributed by atoms with E-state index in [1.54, 1.807) is 48.5 Å². The molecule has 148 valence electrons. The van der Waals surface area contributed by atoms with Crippen LogP contribution in [-0.4, -0.2) is 15.4 Å². The molecule has 0 atom stereocenters. The van der Waals surface area contributed by atoms with Crippen molar-refractivity contribution in [3.05, 3.63) is 93.9 Å².